The van der Waals surface area contributed by atoms with E-state index in [1.165, 1.54) is 19.1 Å². The number of carbonyl (C=O) groups is 1. The van der Waals surface area contributed by atoms with Crippen molar-refractivity contribution in [2.45, 2.75) is 24.8 Å². The standard InChI is InChI=1S/C17H19BrN2O4S/c1-3-24-15-8-6-14(7-9-15)19-17(21)12(2)20-25(22,23)16-10-4-13(18)5-11-16/h4-12,20H,3H2,1-2H3,(H,19,21)/t12-/m1/s1. The Labute approximate surface area is 155 Å². The van der Waals surface area contributed by atoms with Crippen LogP contribution in [0.5, 0.6) is 5.75 Å². The summed E-state index contributed by atoms with van der Waals surface area (Å²) in [4.78, 5) is 12.3. The number of ether oxygens (including phenoxy) is 1. The van der Waals surface area contributed by atoms with Crippen LogP contribution in [0.4, 0.5) is 5.69 Å². The predicted molar refractivity (Wildman–Crippen MR) is 100 cm³/mol. The lowest BCUT2D eigenvalue weighted by Gasteiger charge is -2.15. The van der Waals surface area contributed by atoms with Gasteiger partial charge in [-0.05, 0) is 62.4 Å². The van der Waals surface area contributed by atoms with Crippen molar-refractivity contribution in [3.05, 3.63) is 53.0 Å². The first-order valence-electron chi connectivity index (χ1n) is 7.63. The first-order chi connectivity index (χ1) is 11.8. The van der Waals surface area contributed by atoms with Crippen molar-refractivity contribution < 1.29 is 17.9 Å². The Morgan fingerprint density at radius 3 is 2.28 bits per heavy atom. The van der Waals surface area contributed by atoms with E-state index >= 15 is 0 Å². The van der Waals surface area contributed by atoms with E-state index < -0.39 is 22.0 Å². The molecular weight excluding hydrogens is 408 g/mol. The summed E-state index contributed by atoms with van der Waals surface area (Å²) in [7, 11) is -3.78. The van der Waals surface area contributed by atoms with Gasteiger partial charge in [0, 0.05) is 10.2 Å². The van der Waals surface area contributed by atoms with Gasteiger partial charge in [0.1, 0.15) is 5.75 Å². The zero-order valence-corrected chi connectivity index (χ0v) is 16.2. The molecule has 0 radical (unpaired) electrons. The van der Waals surface area contributed by atoms with E-state index in [4.69, 9.17) is 4.74 Å². The third-order valence-electron chi connectivity index (χ3n) is 3.28. The highest BCUT2D eigenvalue weighted by Crippen LogP contribution is 2.17. The summed E-state index contributed by atoms with van der Waals surface area (Å²) in [5.41, 5.74) is 0.558. The normalized spacial score (nSPS) is 12.4. The van der Waals surface area contributed by atoms with Gasteiger partial charge in [0.15, 0.2) is 0 Å². The number of amides is 1. The molecule has 0 bridgehead atoms. The first-order valence-corrected chi connectivity index (χ1v) is 9.91. The lowest BCUT2D eigenvalue weighted by atomic mass is 10.2. The summed E-state index contributed by atoms with van der Waals surface area (Å²) < 4.78 is 33.1. The molecule has 0 saturated carbocycles. The second-order valence-corrected chi connectivity index (χ2v) is 7.87. The Bertz CT molecular complexity index is 821. The molecule has 0 heterocycles. The highest BCUT2D eigenvalue weighted by atomic mass is 79.9. The van der Waals surface area contributed by atoms with E-state index in [9.17, 15) is 13.2 Å². The number of nitrogens with one attached hydrogen (secondary N) is 2. The van der Waals surface area contributed by atoms with Gasteiger partial charge >= 0.3 is 0 Å². The van der Waals surface area contributed by atoms with E-state index in [1.54, 1.807) is 36.4 Å². The number of benzene rings is 2. The Balaban J connectivity index is 2.00. The van der Waals surface area contributed by atoms with E-state index in [2.05, 4.69) is 26.0 Å². The van der Waals surface area contributed by atoms with Crippen molar-refractivity contribution in [1.29, 1.82) is 0 Å². The molecule has 0 aliphatic heterocycles. The quantitative estimate of drug-likeness (QED) is 0.711. The second-order valence-electron chi connectivity index (χ2n) is 5.24. The zero-order chi connectivity index (χ0) is 18.4. The number of anilines is 1. The highest BCUT2D eigenvalue weighted by Gasteiger charge is 2.22. The van der Waals surface area contributed by atoms with Gasteiger partial charge in [-0.25, -0.2) is 8.42 Å². The second kappa shape index (κ2) is 8.46. The molecule has 2 N–H and O–H groups in total. The van der Waals surface area contributed by atoms with Gasteiger partial charge in [-0.3, -0.25) is 4.79 Å². The summed E-state index contributed by atoms with van der Waals surface area (Å²) >= 11 is 3.25. The number of hydrogen-bond acceptors (Lipinski definition) is 4. The van der Waals surface area contributed by atoms with Crippen molar-refractivity contribution in [3.8, 4) is 5.75 Å². The van der Waals surface area contributed by atoms with Crippen LogP contribution < -0.4 is 14.8 Å². The number of sulfonamides is 1. The molecule has 0 unspecified atom stereocenters. The maximum atomic E-state index is 12.3. The molecule has 2 rings (SSSR count). The van der Waals surface area contributed by atoms with Gasteiger partial charge in [0.25, 0.3) is 0 Å². The average molecular weight is 427 g/mol. The summed E-state index contributed by atoms with van der Waals surface area (Å²) in [5.74, 6) is 0.245. The SMILES string of the molecule is CCOc1ccc(NC(=O)[C@@H](C)NS(=O)(=O)c2ccc(Br)cc2)cc1. The molecule has 2 aromatic carbocycles. The molecule has 0 saturated heterocycles. The minimum atomic E-state index is -3.78. The van der Waals surface area contributed by atoms with Crippen LogP contribution in [0.15, 0.2) is 57.9 Å². The van der Waals surface area contributed by atoms with Crippen molar-refractivity contribution in [2.24, 2.45) is 0 Å². The smallest absolute Gasteiger partial charge is 0.242 e. The van der Waals surface area contributed by atoms with Crippen molar-refractivity contribution in [3.63, 3.8) is 0 Å². The Kier molecular flexibility index (Phi) is 6.57. The minimum Gasteiger partial charge on any atom is -0.494 e. The molecule has 25 heavy (non-hydrogen) atoms. The van der Waals surface area contributed by atoms with Crippen LogP contribution in [0, 0.1) is 0 Å². The van der Waals surface area contributed by atoms with Gasteiger partial charge in [0.2, 0.25) is 15.9 Å². The van der Waals surface area contributed by atoms with Crippen LogP contribution in [0.1, 0.15) is 13.8 Å². The molecular formula is C17H19BrN2O4S. The maximum Gasteiger partial charge on any atom is 0.242 e. The molecule has 0 fully saturated rings. The molecule has 134 valence electrons. The Hall–Kier alpha value is -1.90. The lowest BCUT2D eigenvalue weighted by molar-refractivity contribution is -0.117. The number of carbonyl (C=O) groups excluding carboxylic acids is 1. The van der Waals surface area contributed by atoms with Crippen LogP contribution in [0.3, 0.4) is 0 Å². The lowest BCUT2D eigenvalue weighted by Crippen LogP contribution is -2.41. The zero-order valence-electron chi connectivity index (χ0n) is 13.8. The fourth-order valence-corrected chi connectivity index (χ4v) is 3.49. The molecule has 0 aromatic heterocycles. The molecule has 0 aliphatic rings. The maximum absolute atomic E-state index is 12.3. The minimum absolute atomic E-state index is 0.0939. The van der Waals surface area contributed by atoms with Gasteiger partial charge in [0.05, 0.1) is 17.5 Å². The van der Waals surface area contributed by atoms with Gasteiger partial charge in [-0.15, -0.1) is 0 Å². The molecule has 1 atom stereocenters. The predicted octanol–water partition coefficient (Wildman–Crippen LogP) is 3.15. The van der Waals surface area contributed by atoms with Gasteiger partial charge in [-0.1, -0.05) is 15.9 Å². The summed E-state index contributed by atoms with van der Waals surface area (Å²) in [6.07, 6.45) is 0. The van der Waals surface area contributed by atoms with Crippen molar-refractivity contribution in [1.82, 2.24) is 4.72 Å². The van der Waals surface area contributed by atoms with Crippen LogP contribution in [0.25, 0.3) is 0 Å². The molecule has 6 nitrogen and oxygen atoms in total. The summed E-state index contributed by atoms with van der Waals surface area (Å²) in [6.45, 7) is 3.93. The van der Waals surface area contributed by atoms with Gasteiger partial charge in [-0.2, -0.15) is 4.72 Å². The summed E-state index contributed by atoms with van der Waals surface area (Å²) in [5, 5.41) is 2.67. The van der Waals surface area contributed by atoms with Crippen LogP contribution in [-0.2, 0) is 14.8 Å². The third kappa shape index (κ3) is 5.55. The Morgan fingerprint density at radius 2 is 1.72 bits per heavy atom. The van der Waals surface area contributed by atoms with Crippen LogP contribution in [0.2, 0.25) is 0 Å². The van der Waals surface area contributed by atoms with E-state index in [-0.39, 0.29) is 4.90 Å². The van der Waals surface area contributed by atoms with Gasteiger partial charge < -0.3 is 10.1 Å². The largest absolute Gasteiger partial charge is 0.494 e. The Morgan fingerprint density at radius 1 is 1.12 bits per heavy atom. The fraction of sp³-hybridized carbons (Fsp3) is 0.235. The van der Waals surface area contributed by atoms with E-state index in [1.807, 2.05) is 6.92 Å². The first kappa shape index (κ1) is 19.4. The number of halogens is 1. The van der Waals surface area contributed by atoms with Crippen molar-refractivity contribution in [2.75, 3.05) is 11.9 Å². The number of hydrogen-bond donors (Lipinski definition) is 2. The molecule has 2 aromatic rings. The third-order valence-corrected chi connectivity index (χ3v) is 5.37. The molecule has 1 amide bonds. The molecule has 8 heteroatoms. The topological polar surface area (TPSA) is 84.5 Å². The molecule has 0 spiro atoms. The van der Waals surface area contributed by atoms with Crippen LogP contribution >= 0.6 is 15.9 Å². The highest BCUT2D eigenvalue weighted by molar-refractivity contribution is 9.10. The average Bonchev–Trinajstić information content (AvgIpc) is 2.57. The van der Waals surface area contributed by atoms with Crippen LogP contribution in [-0.4, -0.2) is 27.0 Å². The van der Waals surface area contributed by atoms with E-state index in [0.29, 0.717) is 18.0 Å². The summed E-state index contributed by atoms with van der Waals surface area (Å²) in [6, 6.07) is 12.1. The monoisotopic (exact) mass is 426 g/mol. The van der Waals surface area contributed by atoms with Crippen molar-refractivity contribution >= 4 is 37.5 Å². The number of rotatable bonds is 7. The fourth-order valence-electron chi connectivity index (χ4n) is 2.02. The molecule has 0 aliphatic carbocycles. The van der Waals surface area contributed by atoms with E-state index in [0.717, 1.165) is 4.47 Å².